The second kappa shape index (κ2) is 9.07. The molecular formula is C15H23NO5. The maximum atomic E-state index is 10.4. The van der Waals surface area contributed by atoms with E-state index in [9.17, 15) is 4.79 Å². The molecule has 0 aliphatic rings. The van der Waals surface area contributed by atoms with Crippen LogP contribution in [0.2, 0.25) is 0 Å². The minimum Gasteiger partial charge on any atom is -0.493 e. The second-order valence-electron chi connectivity index (χ2n) is 4.44. The van der Waals surface area contributed by atoms with Gasteiger partial charge < -0.3 is 24.6 Å². The van der Waals surface area contributed by atoms with E-state index in [1.807, 2.05) is 19.1 Å². The molecule has 0 saturated carbocycles. The van der Waals surface area contributed by atoms with E-state index in [-0.39, 0.29) is 6.42 Å². The molecule has 0 aliphatic carbocycles. The Bertz CT molecular complexity index is 436. The van der Waals surface area contributed by atoms with Gasteiger partial charge in [0.1, 0.15) is 0 Å². The first-order chi connectivity index (χ1) is 10.1. The first-order valence-corrected chi connectivity index (χ1v) is 6.92. The van der Waals surface area contributed by atoms with Crippen molar-refractivity contribution in [1.82, 2.24) is 5.32 Å². The number of carboxylic acid groups (broad SMARTS) is 1. The number of carboxylic acids is 1. The van der Waals surface area contributed by atoms with Crippen molar-refractivity contribution in [2.75, 3.05) is 27.4 Å². The lowest BCUT2D eigenvalue weighted by Gasteiger charge is -2.15. The third-order valence-electron chi connectivity index (χ3n) is 2.88. The second-order valence-corrected chi connectivity index (χ2v) is 4.44. The summed E-state index contributed by atoms with van der Waals surface area (Å²) in [6.07, 6.45) is 0.767. The Labute approximate surface area is 125 Å². The largest absolute Gasteiger partial charge is 0.493 e. The molecule has 118 valence electrons. The van der Waals surface area contributed by atoms with Crippen molar-refractivity contribution >= 4 is 5.97 Å². The Kier molecular flexibility index (Phi) is 7.39. The van der Waals surface area contributed by atoms with E-state index in [1.54, 1.807) is 14.2 Å². The molecule has 0 atom stereocenters. The molecule has 1 aromatic rings. The van der Waals surface area contributed by atoms with Crippen molar-refractivity contribution < 1.29 is 24.1 Å². The van der Waals surface area contributed by atoms with Gasteiger partial charge in [0.25, 0.3) is 0 Å². The van der Waals surface area contributed by atoms with Gasteiger partial charge in [-0.3, -0.25) is 4.79 Å². The molecular weight excluding hydrogens is 274 g/mol. The zero-order valence-electron chi connectivity index (χ0n) is 12.8. The smallest absolute Gasteiger partial charge is 0.303 e. The summed E-state index contributed by atoms with van der Waals surface area (Å²) in [5.74, 6) is 1.07. The summed E-state index contributed by atoms with van der Waals surface area (Å²) in [7, 11) is 3.17. The molecule has 6 nitrogen and oxygen atoms in total. The lowest BCUT2D eigenvalue weighted by atomic mass is 10.1. The van der Waals surface area contributed by atoms with E-state index in [0.29, 0.717) is 43.4 Å². The van der Waals surface area contributed by atoms with Crippen LogP contribution in [0.1, 0.15) is 25.3 Å². The van der Waals surface area contributed by atoms with Crippen molar-refractivity contribution in [3.05, 3.63) is 17.7 Å². The number of hydrogen-bond donors (Lipinski definition) is 2. The van der Waals surface area contributed by atoms with E-state index in [2.05, 4.69) is 5.32 Å². The van der Waals surface area contributed by atoms with Gasteiger partial charge in [-0.05, 0) is 37.6 Å². The molecule has 0 bridgehead atoms. The summed E-state index contributed by atoms with van der Waals surface area (Å²) in [4.78, 5) is 10.4. The molecule has 0 heterocycles. The summed E-state index contributed by atoms with van der Waals surface area (Å²) in [6.45, 7) is 3.68. The topological polar surface area (TPSA) is 77.0 Å². The lowest BCUT2D eigenvalue weighted by Crippen LogP contribution is -2.16. The van der Waals surface area contributed by atoms with Crippen LogP contribution in [0.15, 0.2) is 12.1 Å². The fourth-order valence-electron chi connectivity index (χ4n) is 1.92. The fraction of sp³-hybridized carbons (Fsp3) is 0.533. The van der Waals surface area contributed by atoms with Gasteiger partial charge in [0, 0.05) is 13.0 Å². The Balaban J connectivity index is 2.68. The predicted octanol–water partition coefficient (Wildman–Crippen LogP) is 2.06. The zero-order valence-corrected chi connectivity index (χ0v) is 12.8. The van der Waals surface area contributed by atoms with Crippen molar-refractivity contribution in [3.63, 3.8) is 0 Å². The quantitative estimate of drug-likeness (QED) is 0.644. The average Bonchev–Trinajstić information content (AvgIpc) is 2.47. The minimum atomic E-state index is -0.777. The normalized spacial score (nSPS) is 10.2. The molecule has 0 radical (unpaired) electrons. The Hall–Kier alpha value is -1.95. The van der Waals surface area contributed by atoms with Crippen molar-refractivity contribution in [2.45, 2.75) is 26.3 Å². The number of ether oxygens (including phenoxy) is 3. The third-order valence-corrected chi connectivity index (χ3v) is 2.88. The standard InChI is InChI=1S/C15H23NO5/c1-4-21-15-12(19-2)8-11(9-13(15)20-3)10-16-7-5-6-14(17)18/h8-9,16H,4-7,10H2,1-3H3,(H,17,18). The van der Waals surface area contributed by atoms with Crippen LogP contribution in [0, 0.1) is 0 Å². The molecule has 1 aromatic carbocycles. The van der Waals surface area contributed by atoms with Gasteiger partial charge in [0.05, 0.1) is 20.8 Å². The maximum absolute atomic E-state index is 10.4. The number of methoxy groups -OCH3 is 2. The molecule has 0 amide bonds. The Morgan fingerprint density at radius 1 is 1.24 bits per heavy atom. The molecule has 0 aliphatic heterocycles. The first-order valence-electron chi connectivity index (χ1n) is 6.92. The highest BCUT2D eigenvalue weighted by Gasteiger charge is 2.13. The zero-order chi connectivity index (χ0) is 15.7. The molecule has 0 spiro atoms. The average molecular weight is 297 g/mol. The first kappa shape index (κ1) is 17.1. The van der Waals surface area contributed by atoms with E-state index >= 15 is 0 Å². The Morgan fingerprint density at radius 2 is 1.86 bits per heavy atom. The Morgan fingerprint density at radius 3 is 2.33 bits per heavy atom. The van der Waals surface area contributed by atoms with Crippen LogP contribution >= 0.6 is 0 Å². The molecule has 1 rings (SSSR count). The van der Waals surface area contributed by atoms with Gasteiger partial charge in [-0.25, -0.2) is 0 Å². The van der Waals surface area contributed by atoms with Gasteiger partial charge in [-0.15, -0.1) is 0 Å². The number of rotatable bonds is 10. The predicted molar refractivity (Wildman–Crippen MR) is 79.3 cm³/mol. The number of aliphatic carboxylic acids is 1. The van der Waals surface area contributed by atoms with E-state index in [0.717, 1.165) is 5.56 Å². The SMILES string of the molecule is CCOc1c(OC)cc(CNCCCC(=O)O)cc1OC. The summed E-state index contributed by atoms with van der Waals surface area (Å²) in [6, 6.07) is 3.77. The van der Waals surface area contributed by atoms with Crippen LogP contribution < -0.4 is 19.5 Å². The molecule has 0 fully saturated rings. The van der Waals surface area contributed by atoms with Gasteiger partial charge in [0.15, 0.2) is 11.5 Å². The number of benzene rings is 1. The number of nitrogens with one attached hydrogen (secondary N) is 1. The van der Waals surface area contributed by atoms with Crippen LogP contribution in [0.3, 0.4) is 0 Å². The van der Waals surface area contributed by atoms with Crippen molar-refractivity contribution in [2.24, 2.45) is 0 Å². The number of carbonyl (C=O) groups is 1. The van der Waals surface area contributed by atoms with Crippen LogP contribution in [-0.2, 0) is 11.3 Å². The monoisotopic (exact) mass is 297 g/mol. The fourth-order valence-corrected chi connectivity index (χ4v) is 1.92. The highest BCUT2D eigenvalue weighted by atomic mass is 16.5. The molecule has 0 aromatic heterocycles. The summed E-state index contributed by atoms with van der Waals surface area (Å²) in [5.41, 5.74) is 0.988. The highest BCUT2D eigenvalue weighted by molar-refractivity contribution is 5.66. The van der Waals surface area contributed by atoms with E-state index < -0.39 is 5.97 Å². The van der Waals surface area contributed by atoms with Crippen molar-refractivity contribution in [3.8, 4) is 17.2 Å². The highest BCUT2D eigenvalue weighted by Crippen LogP contribution is 2.38. The lowest BCUT2D eigenvalue weighted by molar-refractivity contribution is -0.137. The van der Waals surface area contributed by atoms with Crippen LogP contribution in [0.25, 0.3) is 0 Å². The van der Waals surface area contributed by atoms with E-state index in [1.165, 1.54) is 0 Å². The van der Waals surface area contributed by atoms with Gasteiger partial charge in [-0.1, -0.05) is 0 Å². The third kappa shape index (κ3) is 5.51. The molecule has 0 unspecified atom stereocenters. The molecule has 2 N–H and O–H groups in total. The van der Waals surface area contributed by atoms with Crippen molar-refractivity contribution in [1.29, 1.82) is 0 Å². The summed E-state index contributed by atoms with van der Waals surface area (Å²) >= 11 is 0. The van der Waals surface area contributed by atoms with Crippen LogP contribution in [-0.4, -0.2) is 38.4 Å². The van der Waals surface area contributed by atoms with E-state index in [4.69, 9.17) is 19.3 Å². The molecule has 6 heteroatoms. The molecule has 0 saturated heterocycles. The van der Waals surface area contributed by atoms with Crippen LogP contribution in [0.4, 0.5) is 0 Å². The summed E-state index contributed by atoms with van der Waals surface area (Å²) < 4.78 is 16.2. The maximum Gasteiger partial charge on any atom is 0.303 e. The molecule has 21 heavy (non-hydrogen) atoms. The minimum absolute atomic E-state index is 0.170. The number of hydrogen-bond acceptors (Lipinski definition) is 5. The summed E-state index contributed by atoms with van der Waals surface area (Å²) in [5, 5.41) is 11.8. The van der Waals surface area contributed by atoms with Crippen LogP contribution in [0.5, 0.6) is 17.2 Å². The van der Waals surface area contributed by atoms with Gasteiger partial charge in [-0.2, -0.15) is 0 Å². The van der Waals surface area contributed by atoms with Gasteiger partial charge >= 0.3 is 5.97 Å². The van der Waals surface area contributed by atoms with Gasteiger partial charge in [0.2, 0.25) is 5.75 Å².